The molecule has 1 aliphatic rings. The van der Waals surface area contributed by atoms with Crippen LogP contribution >= 0.6 is 0 Å². The van der Waals surface area contributed by atoms with Gasteiger partial charge in [-0.1, -0.05) is 0 Å². The second kappa shape index (κ2) is 5.89. The van der Waals surface area contributed by atoms with Gasteiger partial charge < -0.3 is 19.7 Å². The summed E-state index contributed by atoms with van der Waals surface area (Å²) in [5, 5.41) is 22.2. The second-order valence-corrected chi connectivity index (χ2v) is 4.55. The van der Waals surface area contributed by atoms with Crippen molar-refractivity contribution in [1.29, 1.82) is 0 Å². The van der Waals surface area contributed by atoms with Crippen LogP contribution in [0.25, 0.3) is 0 Å². The van der Waals surface area contributed by atoms with E-state index in [1.807, 2.05) is 0 Å². The van der Waals surface area contributed by atoms with Crippen molar-refractivity contribution in [2.24, 2.45) is 5.10 Å². The Hall–Kier alpha value is -2.12. The number of amides is 1. The molecule has 1 saturated heterocycles. The number of hydrogen-bond donors (Lipinski definition) is 3. The molecule has 20 heavy (non-hydrogen) atoms. The number of rotatable bonds is 4. The quantitative estimate of drug-likeness (QED) is 0.428. The average Bonchev–Trinajstić information content (AvgIpc) is 2.80. The molecule has 0 aromatic heterocycles. The number of nitrogens with one attached hydrogen (secondary N) is 1. The molecular weight excluding hydrogens is 264 g/mol. The van der Waals surface area contributed by atoms with Crippen molar-refractivity contribution < 1.29 is 24.5 Å². The summed E-state index contributed by atoms with van der Waals surface area (Å²) >= 11 is 0. The highest BCUT2D eigenvalue weighted by Gasteiger charge is 2.33. The van der Waals surface area contributed by atoms with Crippen LogP contribution in [0.1, 0.15) is 18.9 Å². The minimum atomic E-state index is -0.892. The number of carbonyl (C=O) groups excluding carboxylic acids is 1. The smallest absolute Gasteiger partial charge is 0.245 e. The number of hydrogen-bond acceptors (Lipinski definition) is 6. The molecule has 7 nitrogen and oxygen atoms in total. The van der Waals surface area contributed by atoms with Gasteiger partial charge in [-0.05, 0) is 30.7 Å². The molecule has 1 aromatic rings. The molecule has 1 heterocycles. The highest BCUT2D eigenvalue weighted by molar-refractivity contribution is 5.83. The van der Waals surface area contributed by atoms with E-state index in [1.165, 1.54) is 18.3 Å². The van der Waals surface area contributed by atoms with E-state index < -0.39 is 5.79 Å². The maximum Gasteiger partial charge on any atom is 0.245 e. The third-order valence-electron chi connectivity index (χ3n) is 2.78. The van der Waals surface area contributed by atoms with Crippen LogP contribution in [0.4, 0.5) is 0 Å². The lowest BCUT2D eigenvalue weighted by Crippen LogP contribution is -2.33. The first-order valence-electron chi connectivity index (χ1n) is 6.10. The minimum absolute atomic E-state index is 0.0468. The molecule has 0 aliphatic carbocycles. The number of phenols is 2. The van der Waals surface area contributed by atoms with Crippen LogP contribution in [-0.4, -0.2) is 41.3 Å². The van der Waals surface area contributed by atoms with E-state index in [1.54, 1.807) is 13.0 Å². The van der Waals surface area contributed by atoms with Gasteiger partial charge in [-0.3, -0.25) is 4.79 Å². The summed E-state index contributed by atoms with van der Waals surface area (Å²) in [5.41, 5.74) is 2.89. The van der Waals surface area contributed by atoms with Gasteiger partial charge >= 0.3 is 0 Å². The van der Waals surface area contributed by atoms with Crippen molar-refractivity contribution in [2.45, 2.75) is 19.1 Å². The number of phenolic OH excluding ortho intramolecular Hbond substituents is 2. The van der Waals surface area contributed by atoms with Gasteiger partial charge in [0.25, 0.3) is 0 Å². The minimum Gasteiger partial charge on any atom is -0.504 e. The monoisotopic (exact) mass is 280 g/mol. The lowest BCUT2D eigenvalue weighted by Gasteiger charge is -2.20. The van der Waals surface area contributed by atoms with Gasteiger partial charge in [0.05, 0.1) is 25.8 Å². The van der Waals surface area contributed by atoms with Gasteiger partial charge in [-0.15, -0.1) is 0 Å². The average molecular weight is 280 g/mol. The molecule has 0 atom stereocenters. The Morgan fingerprint density at radius 2 is 2.10 bits per heavy atom. The number of nitrogens with zero attached hydrogens (tertiary/aromatic N) is 1. The number of carbonyl (C=O) groups is 1. The Balaban J connectivity index is 1.86. The summed E-state index contributed by atoms with van der Waals surface area (Å²) in [7, 11) is 0. The Bertz CT molecular complexity index is 523. The molecular formula is C13H16N2O5. The van der Waals surface area contributed by atoms with E-state index in [0.29, 0.717) is 18.8 Å². The Morgan fingerprint density at radius 3 is 2.75 bits per heavy atom. The number of benzene rings is 1. The Kier molecular flexibility index (Phi) is 4.21. The van der Waals surface area contributed by atoms with Crippen LogP contribution in [0, 0.1) is 0 Å². The van der Waals surface area contributed by atoms with E-state index in [4.69, 9.17) is 14.6 Å². The standard InChI is InChI=1S/C13H16N2O5/c1-13(19-4-5-20-13)7-12(18)15-14-8-9-2-3-10(16)11(17)6-9/h2-3,6,8,16-17H,4-5,7H2,1H3,(H,15,18)/b14-8-. The first-order valence-corrected chi connectivity index (χ1v) is 6.10. The van der Waals surface area contributed by atoms with Gasteiger partial charge in [-0.25, -0.2) is 5.43 Å². The molecule has 1 amide bonds. The summed E-state index contributed by atoms with van der Waals surface area (Å²) in [6, 6.07) is 4.21. The second-order valence-electron chi connectivity index (χ2n) is 4.55. The normalized spacial score (nSPS) is 17.4. The van der Waals surface area contributed by atoms with Crippen LogP contribution < -0.4 is 5.43 Å². The number of hydrazone groups is 1. The molecule has 1 aliphatic heterocycles. The van der Waals surface area contributed by atoms with Gasteiger partial charge in [0, 0.05) is 0 Å². The van der Waals surface area contributed by atoms with Crippen molar-refractivity contribution in [3.05, 3.63) is 23.8 Å². The topological polar surface area (TPSA) is 100 Å². The largest absolute Gasteiger partial charge is 0.504 e. The lowest BCUT2D eigenvalue weighted by atomic mass is 10.2. The van der Waals surface area contributed by atoms with Crippen molar-refractivity contribution in [1.82, 2.24) is 5.43 Å². The van der Waals surface area contributed by atoms with Crippen molar-refractivity contribution >= 4 is 12.1 Å². The number of aromatic hydroxyl groups is 2. The number of ether oxygens (including phenoxy) is 2. The molecule has 0 spiro atoms. The fourth-order valence-electron chi connectivity index (χ4n) is 1.79. The first kappa shape index (κ1) is 14.3. The summed E-state index contributed by atoms with van der Waals surface area (Å²) in [5.74, 6) is -1.69. The van der Waals surface area contributed by atoms with Crippen LogP contribution in [-0.2, 0) is 14.3 Å². The zero-order chi connectivity index (χ0) is 14.6. The van der Waals surface area contributed by atoms with Crippen LogP contribution in [0.5, 0.6) is 11.5 Å². The fraction of sp³-hybridized carbons (Fsp3) is 0.385. The van der Waals surface area contributed by atoms with E-state index in [9.17, 15) is 9.90 Å². The Morgan fingerprint density at radius 1 is 1.40 bits per heavy atom. The summed E-state index contributed by atoms with van der Waals surface area (Å²) in [6.07, 6.45) is 1.40. The van der Waals surface area contributed by atoms with Gasteiger partial charge in [0.1, 0.15) is 0 Å². The van der Waals surface area contributed by atoms with Gasteiger partial charge in [-0.2, -0.15) is 5.10 Å². The molecule has 0 saturated carbocycles. The highest BCUT2D eigenvalue weighted by atomic mass is 16.7. The third-order valence-corrected chi connectivity index (χ3v) is 2.78. The first-order chi connectivity index (χ1) is 9.48. The van der Waals surface area contributed by atoms with Gasteiger partial charge in [0.2, 0.25) is 5.91 Å². The van der Waals surface area contributed by atoms with E-state index in [-0.39, 0.29) is 23.8 Å². The highest BCUT2D eigenvalue weighted by Crippen LogP contribution is 2.24. The Labute approximate surface area is 115 Å². The molecule has 0 bridgehead atoms. The van der Waals surface area contributed by atoms with Gasteiger partial charge in [0.15, 0.2) is 17.3 Å². The molecule has 7 heteroatoms. The molecule has 0 unspecified atom stereocenters. The third kappa shape index (κ3) is 3.69. The predicted molar refractivity (Wildman–Crippen MR) is 70.4 cm³/mol. The fourth-order valence-corrected chi connectivity index (χ4v) is 1.79. The molecule has 108 valence electrons. The maximum absolute atomic E-state index is 11.6. The SMILES string of the molecule is CC1(CC(=O)N/N=C\c2ccc(O)c(O)c2)OCCO1. The molecule has 3 N–H and O–H groups in total. The van der Waals surface area contributed by atoms with E-state index >= 15 is 0 Å². The van der Waals surface area contributed by atoms with Crippen LogP contribution in [0.2, 0.25) is 0 Å². The van der Waals surface area contributed by atoms with Crippen LogP contribution in [0.3, 0.4) is 0 Å². The molecule has 2 rings (SSSR count). The maximum atomic E-state index is 11.6. The summed E-state index contributed by atoms with van der Waals surface area (Å²) < 4.78 is 10.6. The lowest BCUT2D eigenvalue weighted by molar-refractivity contribution is -0.159. The summed E-state index contributed by atoms with van der Waals surface area (Å²) in [6.45, 7) is 2.64. The van der Waals surface area contributed by atoms with E-state index in [2.05, 4.69) is 10.5 Å². The van der Waals surface area contributed by atoms with E-state index in [0.717, 1.165) is 0 Å². The zero-order valence-electron chi connectivity index (χ0n) is 11.0. The van der Waals surface area contributed by atoms with Crippen molar-refractivity contribution in [3.8, 4) is 11.5 Å². The molecule has 0 radical (unpaired) electrons. The van der Waals surface area contributed by atoms with Crippen molar-refractivity contribution in [3.63, 3.8) is 0 Å². The van der Waals surface area contributed by atoms with Crippen LogP contribution in [0.15, 0.2) is 23.3 Å². The molecule has 1 fully saturated rings. The zero-order valence-corrected chi connectivity index (χ0v) is 11.0. The molecule has 1 aromatic carbocycles. The summed E-state index contributed by atoms with van der Waals surface area (Å²) in [4.78, 5) is 11.6. The van der Waals surface area contributed by atoms with Crippen molar-refractivity contribution in [2.75, 3.05) is 13.2 Å². The predicted octanol–water partition coefficient (Wildman–Crippen LogP) is 0.701.